The number of ether oxygens (including phenoxy) is 4. The van der Waals surface area contributed by atoms with Crippen molar-refractivity contribution in [3.8, 4) is 17.2 Å². The van der Waals surface area contributed by atoms with Gasteiger partial charge in [-0.1, -0.05) is 6.92 Å². The van der Waals surface area contributed by atoms with Crippen LogP contribution in [0.25, 0.3) is 0 Å². The molecule has 0 bridgehead atoms. The van der Waals surface area contributed by atoms with Crippen molar-refractivity contribution in [2.75, 3.05) is 51.3 Å². The van der Waals surface area contributed by atoms with E-state index in [0.717, 1.165) is 6.54 Å². The fraction of sp³-hybridized carbons (Fsp3) is 0.440. The molecule has 0 saturated carbocycles. The molecule has 4 rings (SSSR count). The Balaban J connectivity index is 1.50. The number of hydrogen-bond acceptors (Lipinski definition) is 7. The number of likely N-dealkylation sites (N-methyl/N-ethyl adjacent to an activating group) is 1. The lowest BCUT2D eigenvalue weighted by Gasteiger charge is -2.30. The molecule has 0 spiro atoms. The predicted molar refractivity (Wildman–Crippen MR) is 132 cm³/mol. The molecule has 3 amide bonds. The standard InChI is InChI=1S/C25H32N4O6/c1-15-11-26-16(2)13-33-21-9-17(5-7-19(21)24(30)29(3)12-23(15)32-4)27-25(31)28-18-6-8-20-22(10-18)35-14-34-20/h5-10,15-16,23,26H,11-14H2,1-4H3,(H2,27,28,31)/t15-,16-,23+/m1/s1. The fourth-order valence-electron chi connectivity index (χ4n) is 4.00. The van der Waals surface area contributed by atoms with Gasteiger partial charge in [0.2, 0.25) is 6.79 Å². The van der Waals surface area contributed by atoms with Gasteiger partial charge < -0.3 is 39.8 Å². The zero-order valence-electron chi connectivity index (χ0n) is 20.4. The Labute approximate surface area is 204 Å². The molecule has 2 aromatic rings. The van der Waals surface area contributed by atoms with Crippen LogP contribution < -0.4 is 30.2 Å². The molecule has 0 aromatic heterocycles. The van der Waals surface area contributed by atoms with E-state index in [0.29, 0.717) is 47.3 Å². The summed E-state index contributed by atoms with van der Waals surface area (Å²) in [5.74, 6) is 1.65. The summed E-state index contributed by atoms with van der Waals surface area (Å²) in [5.41, 5.74) is 1.48. The van der Waals surface area contributed by atoms with Crippen LogP contribution in [0.15, 0.2) is 36.4 Å². The second-order valence-corrected chi connectivity index (χ2v) is 8.92. The van der Waals surface area contributed by atoms with Gasteiger partial charge in [0.15, 0.2) is 11.5 Å². The number of nitrogens with zero attached hydrogens (tertiary/aromatic N) is 1. The van der Waals surface area contributed by atoms with Crippen molar-refractivity contribution in [3.63, 3.8) is 0 Å². The molecule has 3 atom stereocenters. The monoisotopic (exact) mass is 484 g/mol. The molecule has 2 aliphatic heterocycles. The molecule has 0 aliphatic carbocycles. The molecule has 0 radical (unpaired) electrons. The number of carbonyl (C=O) groups is 2. The van der Waals surface area contributed by atoms with Gasteiger partial charge in [-0.25, -0.2) is 4.79 Å². The van der Waals surface area contributed by atoms with E-state index in [-0.39, 0.29) is 30.8 Å². The Morgan fingerprint density at radius 3 is 2.46 bits per heavy atom. The molecule has 2 heterocycles. The molecule has 0 fully saturated rings. The van der Waals surface area contributed by atoms with Crippen LogP contribution in [0.3, 0.4) is 0 Å². The summed E-state index contributed by atoms with van der Waals surface area (Å²) in [4.78, 5) is 27.5. The summed E-state index contributed by atoms with van der Waals surface area (Å²) >= 11 is 0. The van der Waals surface area contributed by atoms with Gasteiger partial charge in [0, 0.05) is 56.8 Å². The SMILES string of the molecule is CO[C@H]1CN(C)C(=O)c2ccc(NC(=O)Nc3ccc4c(c3)OCO4)cc2OC[C@@H](C)NC[C@H]1C. The first-order valence-corrected chi connectivity index (χ1v) is 11.6. The molecule has 10 nitrogen and oxygen atoms in total. The van der Waals surface area contributed by atoms with Gasteiger partial charge in [-0.2, -0.15) is 0 Å². The minimum Gasteiger partial charge on any atom is -0.491 e. The van der Waals surface area contributed by atoms with Gasteiger partial charge in [0.25, 0.3) is 5.91 Å². The van der Waals surface area contributed by atoms with Crippen molar-refractivity contribution in [1.29, 1.82) is 0 Å². The third-order valence-corrected chi connectivity index (χ3v) is 6.12. The number of methoxy groups -OCH3 is 1. The van der Waals surface area contributed by atoms with Gasteiger partial charge in [0.05, 0.1) is 11.7 Å². The minimum atomic E-state index is -0.438. The summed E-state index contributed by atoms with van der Waals surface area (Å²) in [6, 6.07) is 9.78. The molecule has 3 N–H and O–H groups in total. The van der Waals surface area contributed by atoms with Crippen molar-refractivity contribution < 1.29 is 28.5 Å². The normalized spacial score (nSPS) is 22.3. The van der Waals surface area contributed by atoms with Crippen LogP contribution in [0.2, 0.25) is 0 Å². The minimum absolute atomic E-state index is 0.0565. The highest BCUT2D eigenvalue weighted by molar-refractivity contribution is 6.01. The molecular weight excluding hydrogens is 452 g/mol. The zero-order chi connectivity index (χ0) is 24.9. The second kappa shape index (κ2) is 10.8. The van der Waals surface area contributed by atoms with E-state index in [1.54, 1.807) is 55.5 Å². The highest BCUT2D eigenvalue weighted by atomic mass is 16.7. The highest BCUT2D eigenvalue weighted by Gasteiger charge is 2.25. The van der Waals surface area contributed by atoms with E-state index < -0.39 is 6.03 Å². The molecule has 0 saturated heterocycles. The molecule has 35 heavy (non-hydrogen) atoms. The Morgan fingerprint density at radius 2 is 1.71 bits per heavy atom. The lowest BCUT2D eigenvalue weighted by molar-refractivity contribution is 0.0281. The van der Waals surface area contributed by atoms with Crippen LogP contribution in [0, 0.1) is 5.92 Å². The number of urea groups is 1. The first kappa shape index (κ1) is 24.6. The number of carbonyl (C=O) groups excluding carboxylic acids is 2. The first-order valence-electron chi connectivity index (χ1n) is 11.6. The Morgan fingerprint density at radius 1 is 1.03 bits per heavy atom. The number of amides is 3. The van der Waals surface area contributed by atoms with Gasteiger partial charge in [-0.3, -0.25) is 4.79 Å². The number of fused-ring (bicyclic) bond motifs is 2. The quantitative estimate of drug-likeness (QED) is 0.614. The van der Waals surface area contributed by atoms with Crippen molar-refractivity contribution in [1.82, 2.24) is 10.2 Å². The van der Waals surface area contributed by atoms with Crippen LogP contribution in [-0.4, -0.2) is 69.6 Å². The molecule has 10 heteroatoms. The predicted octanol–water partition coefficient (Wildman–Crippen LogP) is 3.15. The lowest BCUT2D eigenvalue weighted by Crippen LogP contribution is -2.44. The van der Waals surface area contributed by atoms with Crippen LogP contribution in [-0.2, 0) is 4.74 Å². The maximum atomic E-state index is 13.2. The van der Waals surface area contributed by atoms with Crippen LogP contribution >= 0.6 is 0 Å². The first-order chi connectivity index (χ1) is 16.8. The topological polar surface area (TPSA) is 110 Å². The second-order valence-electron chi connectivity index (χ2n) is 8.92. The summed E-state index contributed by atoms with van der Waals surface area (Å²) in [6.45, 7) is 5.83. The van der Waals surface area contributed by atoms with Crippen molar-refractivity contribution >= 4 is 23.3 Å². The van der Waals surface area contributed by atoms with Crippen molar-refractivity contribution in [3.05, 3.63) is 42.0 Å². The third-order valence-electron chi connectivity index (χ3n) is 6.12. The van der Waals surface area contributed by atoms with E-state index in [4.69, 9.17) is 18.9 Å². The zero-order valence-corrected chi connectivity index (χ0v) is 20.4. The lowest BCUT2D eigenvalue weighted by atomic mass is 10.0. The van der Waals surface area contributed by atoms with Crippen LogP contribution in [0.4, 0.5) is 16.2 Å². The average molecular weight is 485 g/mol. The largest absolute Gasteiger partial charge is 0.491 e. The van der Waals surface area contributed by atoms with Gasteiger partial charge in [-0.05, 0) is 37.1 Å². The number of rotatable bonds is 3. The maximum absolute atomic E-state index is 13.2. The molecule has 2 aliphatic rings. The van der Waals surface area contributed by atoms with Crippen molar-refractivity contribution in [2.24, 2.45) is 5.92 Å². The molecule has 188 valence electrons. The number of anilines is 2. The Bertz CT molecular complexity index is 1080. The summed E-state index contributed by atoms with van der Waals surface area (Å²) in [5, 5.41) is 9.02. The van der Waals surface area contributed by atoms with E-state index >= 15 is 0 Å². The van der Waals surface area contributed by atoms with E-state index in [9.17, 15) is 9.59 Å². The average Bonchev–Trinajstić information content (AvgIpc) is 3.31. The number of benzene rings is 2. The Hall–Kier alpha value is -3.50. The van der Waals surface area contributed by atoms with Crippen LogP contribution in [0.1, 0.15) is 24.2 Å². The Kier molecular flexibility index (Phi) is 7.62. The number of nitrogens with one attached hydrogen (secondary N) is 3. The maximum Gasteiger partial charge on any atom is 0.323 e. The summed E-state index contributed by atoms with van der Waals surface area (Å²) in [6.07, 6.45) is -0.103. The van der Waals surface area contributed by atoms with Gasteiger partial charge in [-0.15, -0.1) is 0 Å². The van der Waals surface area contributed by atoms with Gasteiger partial charge in [0.1, 0.15) is 12.4 Å². The summed E-state index contributed by atoms with van der Waals surface area (Å²) in [7, 11) is 3.41. The molecule has 0 unspecified atom stereocenters. The van der Waals surface area contributed by atoms with Crippen LogP contribution in [0.5, 0.6) is 17.2 Å². The van der Waals surface area contributed by atoms with E-state index in [1.165, 1.54) is 0 Å². The summed E-state index contributed by atoms with van der Waals surface area (Å²) < 4.78 is 22.3. The molecule has 2 aromatic carbocycles. The van der Waals surface area contributed by atoms with Crippen molar-refractivity contribution in [2.45, 2.75) is 26.0 Å². The van der Waals surface area contributed by atoms with Gasteiger partial charge >= 0.3 is 6.03 Å². The van der Waals surface area contributed by atoms with E-state index in [2.05, 4.69) is 22.9 Å². The fourth-order valence-corrected chi connectivity index (χ4v) is 4.00. The highest BCUT2D eigenvalue weighted by Crippen LogP contribution is 2.34. The number of hydrogen-bond donors (Lipinski definition) is 3. The third kappa shape index (κ3) is 5.95. The van der Waals surface area contributed by atoms with E-state index in [1.807, 2.05) is 6.92 Å². The smallest absolute Gasteiger partial charge is 0.323 e. The molecular formula is C25H32N4O6.